The van der Waals surface area contributed by atoms with Crippen molar-refractivity contribution >= 4 is 23.2 Å². The monoisotopic (exact) mass is 318 g/mol. The van der Waals surface area contributed by atoms with Crippen LogP contribution in [0.15, 0.2) is 48.8 Å². The van der Waals surface area contributed by atoms with Crippen LogP contribution in [0.2, 0.25) is 5.02 Å². The Balaban J connectivity index is 1.87. The Morgan fingerprint density at radius 3 is 2.55 bits per heavy atom. The maximum Gasteiger partial charge on any atom is 0.200 e. The highest BCUT2D eigenvalue weighted by Gasteiger charge is 2.09. The average molecular weight is 319 g/mol. The van der Waals surface area contributed by atoms with Gasteiger partial charge in [0.1, 0.15) is 6.54 Å². The van der Waals surface area contributed by atoms with Crippen LogP contribution in [0.1, 0.15) is 15.9 Å². The number of nitrogens with zero attached hydrogens (tertiary/aromatic N) is 1. The van der Waals surface area contributed by atoms with Crippen molar-refractivity contribution in [1.29, 1.82) is 0 Å². The zero-order valence-corrected chi connectivity index (χ0v) is 12.7. The Hall–Kier alpha value is -2.24. The molecule has 22 heavy (non-hydrogen) atoms. The second-order valence-electron chi connectivity index (χ2n) is 4.80. The third kappa shape index (κ3) is 4.65. The van der Waals surface area contributed by atoms with E-state index in [2.05, 4.69) is 5.43 Å². The molecule has 0 atom stereocenters. The Bertz CT molecular complexity index is 671. The van der Waals surface area contributed by atoms with Crippen LogP contribution in [-0.2, 0) is 11.2 Å². The van der Waals surface area contributed by atoms with Gasteiger partial charge in [0, 0.05) is 29.1 Å². The van der Waals surface area contributed by atoms with Crippen molar-refractivity contribution in [3.8, 4) is 0 Å². The number of hydrogen-bond donors (Lipinski definition) is 2. The Morgan fingerprint density at radius 1 is 1.18 bits per heavy atom. The van der Waals surface area contributed by atoms with Gasteiger partial charge in [-0.15, -0.1) is 0 Å². The average Bonchev–Trinajstić information content (AvgIpc) is 2.52. The highest BCUT2D eigenvalue weighted by atomic mass is 35.5. The fourth-order valence-corrected chi connectivity index (χ4v) is 2.17. The van der Waals surface area contributed by atoms with Crippen molar-refractivity contribution in [2.24, 2.45) is 5.73 Å². The number of rotatable bonds is 7. The smallest absolute Gasteiger partial charge is 0.200 e. The number of ketones is 2. The fraction of sp³-hybridized carbons (Fsp3) is 0.188. The van der Waals surface area contributed by atoms with Gasteiger partial charge in [-0.2, -0.15) is 5.43 Å². The maximum atomic E-state index is 11.9. The number of pyridine rings is 1. The van der Waals surface area contributed by atoms with Gasteiger partial charge in [-0.05, 0) is 17.7 Å². The molecule has 3 N–H and O–H groups in total. The first kappa shape index (κ1) is 16.1. The first-order valence-corrected chi connectivity index (χ1v) is 7.21. The van der Waals surface area contributed by atoms with Crippen molar-refractivity contribution in [3.63, 3.8) is 0 Å². The summed E-state index contributed by atoms with van der Waals surface area (Å²) in [5, 5.41) is 0.618. The number of benzene rings is 1. The second-order valence-corrected chi connectivity index (χ2v) is 5.24. The van der Waals surface area contributed by atoms with Crippen LogP contribution >= 0.6 is 11.6 Å². The van der Waals surface area contributed by atoms with Gasteiger partial charge in [0.05, 0.1) is 6.54 Å². The number of halogens is 1. The van der Waals surface area contributed by atoms with E-state index < -0.39 is 0 Å². The summed E-state index contributed by atoms with van der Waals surface area (Å²) in [5.41, 5.74) is 9.68. The van der Waals surface area contributed by atoms with Crippen molar-refractivity contribution < 1.29 is 14.3 Å². The van der Waals surface area contributed by atoms with E-state index in [1.807, 2.05) is 12.1 Å². The molecule has 0 radical (unpaired) electrons. The largest absolute Gasteiger partial charge is 0.324 e. The number of nitrogens with one attached hydrogen (secondary N) is 1. The SMILES string of the molecule is NCC(=O)c1cc[n+](NCC(=O)Cc2cccc(Cl)c2)cc1. The lowest BCUT2D eigenvalue weighted by Gasteiger charge is -2.02. The molecule has 0 bridgehead atoms. The molecule has 0 saturated carbocycles. The van der Waals surface area contributed by atoms with Gasteiger partial charge < -0.3 is 5.73 Å². The summed E-state index contributed by atoms with van der Waals surface area (Å²) < 4.78 is 1.63. The lowest BCUT2D eigenvalue weighted by atomic mass is 10.1. The van der Waals surface area contributed by atoms with E-state index in [-0.39, 0.29) is 24.7 Å². The molecular weight excluding hydrogens is 302 g/mol. The molecule has 2 aromatic rings. The quantitative estimate of drug-likeness (QED) is 0.592. The summed E-state index contributed by atoms with van der Waals surface area (Å²) in [6.45, 7) is 0.164. The van der Waals surface area contributed by atoms with E-state index in [1.165, 1.54) is 0 Å². The summed E-state index contributed by atoms with van der Waals surface area (Å²) in [6.07, 6.45) is 3.67. The van der Waals surface area contributed by atoms with Crippen LogP contribution in [0.25, 0.3) is 0 Å². The Labute approximate surface area is 133 Å². The van der Waals surface area contributed by atoms with Gasteiger partial charge in [-0.25, -0.2) is 0 Å². The van der Waals surface area contributed by atoms with E-state index in [0.717, 1.165) is 5.56 Å². The molecule has 0 amide bonds. The van der Waals surface area contributed by atoms with Crippen LogP contribution in [0.3, 0.4) is 0 Å². The summed E-state index contributed by atoms with van der Waals surface area (Å²) in [7, 11) is 0. The molecule has 0 aliphatic carbocycles. The molecule has 6 heteroatoms. The zero-order chi connectivity index (χ0) is 15.9. The van der Waals surface area contributed by atoms with E-state index in [4.69, 9.17) is 17.3 Å². The van der Waals surface area contributed by atoms with Crippen molar-refractivity contribution in [2.45, 2.75) is 6.42 Å². The van der Waals surface area contributed by atoms with Crippen molar-refractivity contribution in [2.75, 3.05) is 18.5 Å². The van der Waals surface area contributed by atoms with Gasteiger partial charge in [-0.3, -0.25) is 9.59 Å². The first-order chi connectivity index (χ1) is 10.6. The third-order valence-electron chi connectivity index (χ3n) is 3.09. The summed E-state index contributed by atoms with van der Waals surface area (Å²) in [4.78, 5) is 23.3. The van der Waals surface area contributed by atoms with Crippen molar-refractivity contribution in [3.05, 3.63) is 64.9 Å². The molecule has 5 nitrogen and oxygen atoms in total. The summed E-state index contributed by atoms with van der Waals surface area (Å²) >= 11 is 5.89. The molecule has 1 aromatic carbocycles. The molecule has 2 rings (SSSR count). The van der Waals surface area contributed by atoms with Gasteiger partial charge in [-0.1, -0.05) is 28.4 Å². The summed E-state index contributed by atoms with van der Waals surface area (Å²) in [5.74, 6) is -0.0824. The molecule has 0 spiro atoms. The van der Waals surface area contributed by atoms with E-state index in [9.17, 15) is 9.59 Å². The van der Waals surface area contributed by atoms with Crippen LogP contribution in [0.5, 0.6) is 0 Å². The minimum absolute atomic E-state index is 0.0183. The van der Waals surface area contributed by atoms with Gasteiger partial charge >= 0.3 is 0 Å². The molecule has 1 aromatic heterocycles. The highest BCUT2D eigenvalue weighted by Crippen LogP contribution is 2.11. The highest BCUT2D eigenvalue weighted by molar-refractivity contribution is 6.30. The first-order valence-electron chi connectivity index (χ1n) is 6.83. The molecule has 114 valence electrons. The lowest BCUT2D eigenvalue weighted by Crippen LogP contribution is -2.47. The fourth-order valence-electron chi connectivity index (χ4n) is 1.95. The minimum atomic E-state index is -0.121. The zero-order valence-electron chi connectivity index (χ0n) is 12.0. The maximum absolute atomic E-state index is 11.9. The normalized spacial score (nSPS) is 10.3. The van der Waals surface area contributed by atoms with Crippen LogP contribution in [0.4, 0.5) is 0 Å². The van der Waals surface area contributed by atoms with Gasteiger partial charge in [0.25, 0.3) is 0 Å². The molecule has 0 aliphatic rings. The van der Waals surface area contributed by atoms with Crippen LogP contribution < -0.4 is 15.8 Å². The molecule has 0 aliphatic heterocycles. The Morgan fingerprint density at radius 2 is 1.91 bits per heavy atom. The number of hydrogen-bond acceptors (Lipinski definition) is 4. The standard InChI is InChI=1S/C16H16ClN3O2/c17-14-3-1-2-12(8-14)9-15(21)11-19-20-6-4-13(5-7-20)16(22)10-18/h1-8H,9-11,18H2/p+1. The van der Waals surface area contributed by atoms with Crippen LogP contribution in [-0.4, -0.2) is 24.7 Å². The predicted octanol–water partition coefficient (Wildman–Crippen LogP) is 1.12. The molecule has 0 saturated heterocycles. The second kappa shape index (κ2) is 7.68. The molecule has 1 heterocycles. The Kier molecular flexibility index (Phi) is 5.63. The van der Waals surface area contributed by atoms with Crippen LogP contribution in [0, 0.1) is 0 Å². The number of carbonyl (C=O) groups is 2. The van der Waals surface area contributed by atoms with E-state index in [1.54, 1.807) is 41.3 Å². The minimum Gasteiger partial charge on any atom is -0.324 e. The number of aromatic nitrogens is 1. The molecule has 0 fully saturated rings. The van der Waals surface area contributed by atoms with E-state index in [0.29, 0.717) is 17.0 Å². The van der Waals surface area contributed by atoms with Gasteiger partial charge in [0.2, 0.25) is 0 Å². The predicted molar refractivity (Wildman–Crippen MR) is 84.4 cm³/mol. The number of Topliss-reactive ketones (excluding diaryl/α,β-unsaturated/α-hetero) is 2. The molecule has 0 unspecified atom stereocenters. The third-order valence-corrected chi connectivity index (χ3v) is 3.32. The lowest BCUT2D eigenvalue weighted by molar-refractivity contribution is -0.649. The summed E-state index contributed by atoms with van der Waals surface area (Å²) in [6, 6.07) is 10.5. The topological polar surface area (TPSA) is 76.1 Å². The number of carbonyl (C=O) groups excluding carboxylic acids is 2. The van der Waals surface area contributed by atoms with Crippen molar-refractivity contribution in [1.82, 2.24) is 0 Å². The molecular formula is C16H17ClN3O2+. The number of nitrogens with two attached hydrogens (primary N) is 1. The van der Waals surface area contributed by atoms with E-state index >= 15 is 0 Å². The van der Waals surface area contributed by atoms with Gasteiger partial charge in [0.15, 0.2) is 24.0 Å².